The number of hydrogen-bond donors (Lipinski definition) is 2. The number of amides is 1. The fraction of sp³-hybridized carbons (Fsp3) is 0.263. The number of nitrogens with one attached hydrogen (secondary N) is 2. The van der Waals surface area contributed by atoms with Crippen molar-refractivity contribution in [1.29, 1.82) is 5.26 Å². The van der Waals surface area contributed by atoms with Crippen molar-refractivity contribution in [2.75, 3.05) is 5.32 Å². The molecule has 1 amide bonds. The van der Waals surface area contributed by atoms with Crippen LogP contribution in [-0.2, 0) is 0 Å². The van der Waals surface area contributed by atoms with Gasteiger partial charge in [0.1, 0.15) is 11.8 Å². The first-order chi connectivity index (χ1) is 12.1. The lowest BCUT2D eigenvalue weighted by Crippen LogP contribution is -2.16. The Kier molecular flexibility index (Phi) is 3.50. The summed E-state index contributed by atoms with van der Waals surface area (Å²) in [6.45, 7) is 3.63. The number of nitriles is 1. The molecule has 1 saturated carbocycles. The number of pyridine rings is 1. The number of anilines is 1. The van der Waals surface area contributed by atoms with Gasteiger partial charge in [-0.3, -0.25) is 9.89 Å². The number of nitrogens with zero attached hydrogens (tertiary/aromatic N) is 3. The summed E-state index contributed by atoms with van der Waals surface area (Å²) in [5.74, 6) is 0.255. The van der Waals surface area contributed by atoms with Crippen LogP contribution in [0.15, 0.2) is 24.4 Å². The number of hydrogen-bond acceptors (Lipinski definition) is 4. The van der Waals surface area contributed by atoms with Gasteiger partial charge in [-0.15, -0.1) is 0 Å². The van der Waals surface area contributed by atoms with Crippen molar-refractivity contribution in [3.05, 3.63) is 52.5 Å². The number of benzene rings is 1. The fourth-order valence-electron chi connectivity index (χ4n) is 3.01. The molecular formula is C19H17N5O. The largest absolute Gasteiger partial charge is 0.321 e. The molecule has 0 aliphatic heterocycles. The molecule has 0 radical (unpaired) electrons. The monoisotopic (exact) mass is 331 g/mol. The van der Waals surface area contributed by atoms with Gasteiger partial charge in [-0.2, -0.15) is 10.4 Å². The molecule has 2 N–H and O–H groups in total. The Labute approximate surface area is 144 Å². The van der Waals surface area contributed by atoms with E-state index in [4.69, 9.17) is 5.26 Å². The van der Waals surface area contributed by atoms with Crippen LogP contribution in [0.25, 0.3) is 10.9 Å². The summed E-state index contributed by atoms with van der Waals surface area (Å²) in [6.07, 6.45) is 3.79. The Morgan fingerprint density at radius 3 is 2.84 bits per heavy atom. The summed E-state index contributed by atoms with van der Waals surface area (Å²) in [5.41, 5.74) is 5.10. The lowest BCUT2D eigenvalue weighted by atomic mass is 10.0. The summed E-state index contributed by atoms with van der Waals surface area (Å²) < 4.78 is 0. The molecule has 0 spiro atoms. The summed E-state index contributed by atoms with van der Waals surface area (Å²) >= 11 is 0. The van der Waals surface area contributed by atoms with Gasteiger partial charge in [-0.25, -0.2) is 4.98 Å². The summed E-state index contributed by atoms with van der Waals surface area (Å²) in [4.78, 5) is 16.8. The molecule has 6 heteroatoms. The molecule has 6 nitrogen and oxygen atoms in total. The van der Waals surface area contributed by atoms with E-state index in [1.165, 1.54) is 19.0 Å². The van der Waals surface area contributed by atoms with Crippen LogP contribution in [0.2, 0.25) is 0 Å². The number of rotatable bonds is 3. The Morgan fingerprint density at radius 1 is 1.32 bits per heavy atom. The first kappa shape index (κ1) is 15.3. The summed E-state index contributed by atoms with van der Waals surface area (Å²) in [6, 6.07) is 7.81. The van der Waals surface area contributed by atoms with Crippen LogP contribution in [0, 0.1) is 25.2 Å². The van der Waals surface area contributed by atoms with Gasteiger partial charge in [-0.1, -0.05) is 0 Å². The lowest BCUT2D eigenvalue weighted by molar-refractivity contribution is 0.102. The van der Waals surface area contributed by atoms with E-state index in [0.717, 1.165) is 27.7 Å². The van der Waals surface area contributed by atoms with E-state index in [1.54, 1.807) is 0 Å². The predicted octanol–water partition coefficient (Wildman–Crippen LogP) is 3.58. The molecule has 25 heavy (non-hydrogen) atoms. The normalized spacial score (nSPS) is 13.6. The third-order valence-electron chi connectivity index (χ3n) is 4.79. The number of aromatic nitrogens is 3. The summed E-state index contributed by atoms with van der Waals surface area (Å²) in [5, 5.41) is 20.5. The predicted molar refractivity (Wildman–Crippen MR) is 94.4 cm³/mol. The van der Waals surface area contributed by atoms with Crippen LogP contribution in [0.1, 0.15) is 51.6 Å². The first-order valence-electron chi connectivity index (χ1n) is 8.24. The Morgan fingerprint density at radius 2 is 2.12 bits per heavy atom. The van der Waals surface area contributed by atoms with Crippen LogP contribution in [0.4, 0.5) is 5.69 Å². The molecule has 1 aliphatic carbocycles. The maximum absolute atomic E-state index is 12.6. The second kappa shape index (κ2) is 5.71. The SMILES string of the molecule is Cc1c(C#N)cnc(C(=O)Nc2ccc3[nH]nc(C4CC4)c3c2)c1C. The van der Waals surface area contributed by atoms with Crippen molar-refractivity contribution in [1.82, 2.24) is 15.2 Å². The molecule has 0 bridgehead atoms. The maximum atomic E-state index is 12.6. The van der Waals surface area contributed by atoms with Gasteiger partial charge in [0.25, 0.3) is 5.91 Å². The minimum absolute atomic E-state index is 0.277. The number of H-pyrrole nitrogens is 1. The highest BCUT2D eigenvalue weighted by molar-refractivity contribution is 6.05. The Balaban J connectivity index is 1.65. The molecule has 124 valence electrons. The zero-order valence-corrected chi connectivity index (χ0v) is 14.1. The molecule has 1 aliphatic rings. The first-order valence-corrected chi connectivity index (χ1v) is 8.24. The van der Waals surface area contributed by atoms with Crippen LogP contribution in [0.3, 0.4) is 0 Å². The average Bonchev–Trinajstić information content (AvgIpc) is 3.37. The van der Waals surface area contributed by atoms with Gasteiger partial charge in [-0.05, 0) is 56.0 Å². The Bertz CT molecular complexity index is 1040. The third-order valence-corrected chi connectivity index (χ3v) is 4.79. The molecule has 0 unspecified atom stereocenters. The number of fused-ring (bicyclic) bond motifs is 1. The van der Waals surface area contributed by atoms with E-state index in [9.17, 15) is 4.79 Å². The number of aromatic amines is 1. The second-order valence-corrected chi connectivity index (χ2v) is 6.48. The van der Waals surface area contributed by atoms with E-state index < -0.39 is 0 Å². The molecule has 1 aromatic carbocycles. The molecular weight excluding hydrogens is 314 g/mol. The number of carbonyl (C=O) groups is 1. The minimum atomic E-state index is -0.277. The van der Waals surface area contributed by atoms with Crippen molar-refractivity contribution >= 4 is 22.5 Å². The highest BCUT2D eigenvalue weighted by atomic mass is 16.1. The van der Waals surface area contributed by atoms with Crippen molar-refractivity contribution in [2.24, 2.45) is 0 Å². The van der Waals surface area contributed by atoms with Crippen molar-refractivity contribution < 1.29 is 4.79 Å². The van der Waals surface area contributed by atoms with Gasteiger partial charge < -0.3 is 5.32 Å². The van der Waals surface area contributed by atoms with E-state index in [-0.39, 0.29) is 5.91 Å². The van der Waals surface area contributed by atoms with Crippen LogP contribution < -0.4 is 5.32 Å². The second-order valence-electron chi connectivity index (χ2n) is 6.48. The molecule has 2 heterocycles. The van der Waals surface area contributed by atoms with Gasteiger partial charge in [0, 0.05) is 23.2 Å². The lowest BCUT2D eigenvalue weighted by Gasteiger charge is -2.10. The van der Waals surface area contributed by atoms with Gasteiger partial charge in [0.15, 0.2) is 0 Å². The van der Waals surface area contributed by atoms with Gasteiger partial charge >= 0.3 is 0 Å². The molecule has 0 saturated heterocycles. The fourth-order valence-corrected chi connectivity index (χ4v) is 3.01. The molecule has 1 fully saturated rings. The topological polar surface area (TPSA) is 94.5 Å². The summed E-state index contributed by atoms with van der Waals surface area (Å²) in [7, 11) is 0. The van der Waals surface area contributed by atoms with Crippen molar-refractivity contribution in [3.63, 3.8) is 0 Å². The zero-order valence-electron chi connectivity index (χ0n) is 14.1. The van der Waals surface area contributed by atoms with E-state index in [2.05, 4.69) is 26.6 Å². The maximum Gasteiger partial charge on any atom is 0.274 e. The smallest absolute Gasteiger partial charge is 0.274 e. The van der Waals surface area contributed by atoms with E-state index in [1.807, 2.05) is 32.0 Å². The third kappa shape index (κ3) is 2.64. The molecule has 2 aromatic heterocycles. The van der Waals surface area contributed by atoms with Gasteiger partial charge in [0.05, 0.1) is 16.8 Å². The molecule has 0 atom stereocenters. The van der Waals surface area contributed by atoms with Crippen molar-refractivity contribution in [3.8, 4) is 6.07 Å². The quantitative estimate of drug-likeness (QED) is 0.767. The number of carbonyl (C=O) groups excluding carboxylic acids is 1. The Hall–Kier alpha value is -3.20. The van der Waals surface area contributed by atoms with Crippen LogP contribution >= 0.6 is 0 Å². The zero-order chi connectivity index (χ0) is 17.6. The van der Waals surface area contributed by atoms with E-state index >= 15 is 0 Å². The average molecular weight is 331 g/mol. The molecule has 4 rings (SSSR count). The van der Waals surface area contributed by atoms with Gasteiger partial charge in [0.2, 0.25) is 0 Å². The standard InChI is InChI=1S/C19H17N5O/c1-10-11(2)17(21-9-13(10)8-20)19(25)22-14-5-6-16-15(7-14)18(24-23-16)12-3-4-12/h5-7,9,12H,3-4H2,1-2H3,(H,22,25)(H,23,24). The van der Waals surface area contributed by atoms with Crippen molar-refractivity contribution in [2.45, 2.75) is 32.6 Å². The highest BCUT2D eigenvalue weighted by Crippen LogP contribution is 2.42. The highest BCUT2D eigenvalue weighted by Gasteiger charge is 2.28. The minimum Gasteiger partial charge on any atom is -0.321 e. The molecule has 3 aromatic rings. The van der Waals surface area contributed by atoms with E-state index in [0.29, 0.717) is 22.9 Å². The van der Waals surface area contributed by atoms with Crippen LogP contribution in [-0.4, -0.2) is 21.1 Å². The van der Waals surface area contributed by atoms with Crippen LogP contribution in [0.5, 0.6) is 0 Å².